The second-order valence-electron chi connectivity index (χ2n) is 5.51. The summed E-state index contributed by atoms with van der Waals surface area (Å²) < 4.78 is 0. The normalized spacial score (nSPS) is 13.1. The quantitative estimate of drug-likeness (QED) is 0.617. The van der Waals surface area contributed by atoms with Gasteiger partial charge in [-0.1, -0.05) is 6.07 Å². The lowest BCUT2D eigenvalue weighted by atomic mass is 10.1. The molecule has 6 nitrogen and oxygen atoms in total. The summed E-state index contributed by atoms with van der Waals surface area (Å²) in [7, 11) is 0. The number of nitrogens with zero attached hydrogens (tertiary/aromatic N) is 2. The molecule has 0 aromatic heterocycles. The van der Waals surface area contributed by atoms with Gasteiger partial charge >= 0.3 is 0 Å². The van der Waals surface area contributed by atoms with Crippen molar-refractivity contribution in [1.82, 2.24) is 0 Å². The van der Waals surface area contributed by atoms with Crippen molar-refractivity contribution in [2.45, 2.75) is 39.4 Å². The largest absolute Gasteiger partial charge is 0.389 e. The van der Waals surface area contributed by atoms with E-state index in [1.165, 1.54) is 6.07 Å². The first-order valence-corrected chi connectivity index (χ1v) is 6.59. The Kier molecular flexibility index (Phi) is 5.08. The Bertz CT molecular complexity index is 481. The molecule has 0 aliphatic rings. The molecule has 2 N–H and O–H groups in total. The molecule has 0 amide bonds. The Hall–Kier alpha value is -1.66. The third kappa shape index (κ3) is 4.18. The minimum Gasteiger partial charge on any atom is -0.389 e. The molecule has 0 unspecified atom stereocenters. The zero-order chi connectivity index (χ0) is 15.5. The highest BCUT2D eigenvalue weighted by molar-refractivity contribution is 5.64. The predicted octanol–water partition coefficient (Wildman–Crippen LogP) is 2.25. The second kappa shape index (κ2) is 6.19. The van der Waals surface area contributed by atoms with Crippen LogP contribution in [0.4, 0.5) is 11.4 Å². The molecule has 1 atom stereocenters. The average Bonchev–Trinajstić information content (AvgIpc) is 2.34. The molecule has 0 radical (unpaired) electrons. The zero-order valence-corrected chi connectivity index (χ0v) is 12.3. The van der Waals surface area contributed by atoms with E-state index in [0.717, 1.165) is 0 Å². The molecule has 1 aromatic rings. The van der Waals surface area contributed by atoms with E-state index in [0.29, 0.717) is 24.3 Å². The van der Waals surface area contributed by atoms with E-state index in [-0.39, 0.29) is 5.69 Å². The number of benzene rings is 1. The van der Waals surface area contributed by atoms with Crippen molar-refractivity contribution in [1.29, 1.82) is 0 Å². The van der Waals surface area contributed by atoms with Crippen LogP contribution in [0.2, 0.25) is 0 Å². The van der Waals surface area contributed by atoms with Gasteiger partial charge in [-0.3, -0.25) is 10.1 Å². The van der Waals surface area contributed by atoms with Crippen LogP contribution < -0.4 is 4.90 Å². The molecule has 0 spiro atoms. The van der Waals surface area contributed by atoms with E-state index in [1.54, 1.807) is 37.8 Å². The summed E-state index contributed by atoms with van der Waals surface area (Å²) in [6, 6.07) is 4.67. The number of anilines is 1. The van der Waals surface area contributed by atoms with Crippen molar-refractivity contribution in [3.63, 3.8) is 0 Å². The first-order valence-electron chi connectivity index (χ1n) is 6.59. The Balaban J connectivity index is 3.24. The number of hydrogen-bond acceptors (Lipinski definition) is 5. The van der Waals surface area contributed by atoms with Crippen LogP contribution in [0.15, 0.2) is 18.2 Å². The molecule has 6 heteroatoms. The molecule has 1 rings (SSSR count). The van der Waals surface area contributed by atoms with Gasteiger partial charge in [-0.15, -0.1) is 0 Å². The van der Waals surface area contributed by atoms with Gasteiger partial charge in [-0.05, 0) is 39.3 Å². The van der Waals surface area contributed by atoms with Crippen LogP contribution in [-0.2, 0) is 0 Å². The van der Waals surface area contributed by atoms with Crippen LogP contribution in [0.1, 0.15) is 39.4 Å². The number of likely N-dealkylation sites (N-methyl/N-ethyl adjacent to an activating group) is 1. The number of nitro benzene ring substituents is 1. The van der Waals surface area contributed by atoms with Crippen LogP contribution in [0, 0.1) is 10.1 Å². The molecular weight excluding hydrogens is 260 g/mol. The van der Waals surface area contributed by atoms with E-state index in [4.69, 9.17) is 0 Å². The molecule has 0 saturated carbocycles. The lowest BCUT2D eigenvalue weighted by Crippen LogP contribution is -2.38. The maximum absolute atomic E-state index is 11.2. The van der Waals surface area contributed by atoms with Crippen molar-refractivity contribution < 1.29 is 15.1 Å². The summed E-state index contributed by atoms with van der Waals surface area (Å²) in [6.07, 6.45) is -0.757. The van der Waals surface area contributed by atoms with Gasteiger partial charge in [0, 0.05) is 19.2 Å². The number of nitro groups is 1. The molecule has 0 heterocycles. The van der Waals surface area contributed by atoms with Crippen LogP contribution in [0.25, 0.3) is 0 Å². The zero-order valence-electron chi connectivity index (χ0n) is 12.3. The highest BCUT2D eigenvalue weighted by Crippen LogP contribution is 2.31. The van der Waals surface area contributed by atoms with E-state index in [2.05, 4.69) is 0 Å². The van der Waals surface area contributed by atoms with Crippen molar-refractivity contribution in [2.24, 2.45) is 0 Å². The van der Waals surface area contributed by atoms with Gasteiger partial charge in [0.05, 0.1) is 16.6 Å². The Morgan fingerprint density at radius 1 is 1.45 bits per heavy atom. The monoisotopic (exact) mass is 282 g/mol. The Morgan fingerprint density at radius 2 is 2.05 bits per heavy atom. The van der Waals surface area contributed by atoms with Crippen LogP contribution in [0.3, 0.4) is 0 Å². The third-order valence-electron chi connectivity index (χ3n) is 2.98. The molecule has 0 aliphatic heterocycles. The third-order valence-corrected chi connectivity index (χ3v) is 2.98. The van der Waals surface area contributed by atoms with Gasteiger partial charge in [0.1, 0.15) is 5.69 Å². The van der Waals surface area contributed by atoms with E-state index >= 15 is 0 Å². The van der Waals surface area contributed by atoms with E-state index in [1.807, 2.05) is 6.92 Å². The van der Waals surface area contributed by atoms with Crippen LogP contribution in [0.5, 0.6) is 0 Å². The predicted molar refractivity (Wildman–Crippen MR) is 77.9 cm³/mol. The lowest BCUT2D eigenvalue weighted by molar-refractivity contribution is -0.384. The topological polar surface area (TPSA) is 86.8 Å². The van der Waals surface area contributed by atoms with Gasteiger partial charge < -0.3 is 15.1 Å². The number of hydrogen-bond donors (Lipinski definition) is 2. The first kappa shape index (κ1) is 16.4. The number of aliphatic hydroxyl groups is 2. The van der Waals surface area contributed by atoms with Gasteiger partial charge in [-0.25, -0.2) is 0 Å². The first-order chi connectivity index (χ1) is 9.15. The summed E-state index contributed by atoms with van der Waals surface area (Å²) in [6.45, 7) is 7.58. The van der Waals surface area contributed by atoms with Crippen LogP contribution in [-0.4, -0.2) is 33.8 Å². The summed E-state index contributed by atoms with van der Waals surface area (Å²) in [5.41, 5.74) is -0.0643. The molecule has 0 fully saturated rings. The molecule has 112 valence electrons. The molecular formula is C14H22N2O4. The molecule has 0 bridgehead atoms. The van der Waals surface area contributed by atoms with Gasteiger partial charge in [-0.2, -0.15) is 0 Å². The maximum Gasteiger partial charge on any atom is 0.292 e. The van der Waals surface area contributed by atoms with Gasteiger partial charge in [0.2, 0.25) is 0 Å². The fraction of sp³-hybridized carbons (Fsp3) is 0.571. The summed E-state index contributed by atoms with van der Waals surface area (Å²) in [5, 5.41) is 30.6. The summed E-state index contributed by atoms with van der Waals surface area (Å²) in [5.74, 6) is 0. The molecule has 20 heavy (non-hydrogen) atoms. The maximum atomic E-state index is 11.2. The Labute approximate surface area is 118 Å². The van der Waals surface area contributed by atoms with Crippen LogP contribution >= 0.6 is 0 Å². The van der Waals surface area contributed by atoms with Gasteiger partial charge in [0.15, 0.2) is 0 Å². The SMILES string of the molecule is CCN(CC(C)(C)O)c1ccc([C@@H](C)O)cc1[N+](=O)[O-]. The minimum absolute atomic E-state index is 0.0606. The van der Waals surface area contributed by atoms with Crippen molar-refractivity contribution in [2.75, 3.05) is 18.0 Å². The van der Waals surface area contributed by atoms with E-state index in [9.17, 15) is 20.3 Å². The van der Waals surface area contributed by atoms with Gasteiger partial charge in [0.25, 0.3) is 5.69 Å². The fourth-order valence-corrected chi connectivity index (χ4v) is 2.05. The fourth-order valence-electron chi connectivity index (χ4n) is 2.05. The van der Waals surface area contributed by atoms with E-state index < -0.39 is 16.6 Å². The van der Waals surface area contributed by atoms with Crippen molar-refractivity contribution in [3.05, 3.63) is 33.9 Å². The summed E-state index contributed by atoms with van der Waals surface area (Å²) >= 11 is 0. The number of rotatable bonds is 6. The van der Waals surface area contributed by atoms with Crippen molar-refractivity contribution >= 4 is 11.4 Å². The molecule has 0 aliphatic carbocycles. The average molecular weight is 282 g/mol. The molecule has 1 aromatic carbocycles. The summed E-state index contributed by atoms with van der Waals surface area (Å²) in [4.78, 5) is 12.5. The Morgan fingerprint density at radius 3 is 2.45 bits per heavy atom. The van der Waals surface area contributed by atoms with Crippen molar-refractivity contribution in [3.8, 4) is 0 Å². The lowest BCUT2D eigenvalue weighted by Gasteiger charge is -2.29. The highest BCUT2D eigenvalue weighted by atomic mass is 16.6. The standard InChI is InChI=1S/C14H22N2O4/c1-5-15(9-14(3,4)18)12-7-6-11(10(2)17)8-13(12)16(19)20/h6-8,10,17-18H,5,9H2,1-4H3/t10-/m1/s1. The minimum atomic E-state index is -0.952. The molecule has 0 saturated heterocycles. The highest BCUT2D eigenvalue weighted by Gasteiger charge is 2.24. The smallest absolute Gasteiger partial charge is 0.292 e. The number of aliphatic hydroxyl groups excluding tert-OH is 1. The second-order valence-corrected chi connectivity index (χ2v) is 5.51.